The normalized spacial score (nSPS) is 9.58. The van der Waals surface area contributed by atoms with E-state index in [4.69, 9.17) is 16.3 Å². The fourth-order valence-corrected chi connectivity index (χ4v) is 0.931. The quantitative estimate of drug-likeness (QED) is 0.654. The molecule has 0 amide bonds. The predicted octanol–water partition coefficient (Wildman–Crippen LogP) is 1.34. The van der Waals surface area contributed by atoms with Gasteiger partial charge in [-0.05, 0) is 6.92 Å². The number of aromatic nitrogens is 2. The number of hydrogen-bond donors (Lipinski definition) is 0. The van der Waals surface area contributed by atoms with Crippen molar-refractivity contribution >= 4 is 17.4 Å². The highest BCUT2D eigenvalue weighted by Crippen LogP contribution is 2.16. The zero-order valence-electron chi connectivity index (χ0n) is 6.67. The van der Waals surface area contributed by atoms with Crippen LogP contribution in [0.3, 0.4) is 0 Å². The summed E-state index contributed by atoms with van der Waals surface area (Å²) >= 11 is 5.60. The monoisotopic (exact) mass is 186 g/mol. The van der Waals surface area contributed by atoms with Crippen LogP contribution >= 0.6 is 11.6 Å². The van der Waals surface area contributed by atoms with E-state index in [1.165, 1.54) is 20.1 Å². The minimum absolute atomic E-state index is 0.100. The van der Waals surface area contributed by atoms with E-state index in [0.717, 1.165) is 0 Å². The molecule has 0 atom stereocenters. The molecule has 0 radical (unpaired) electrons. The van der Waals surface area contributed by atoms with Gasteiger partial charge in [-0.15, -0.1) is 10.2 Å². The lowest BCUT2D eigenvalue weighted by molar-refractivity contribution is 0.101. The summed E-state index contributed by atoms with van der Waals surface area (Å²) in [5.74, 6) is 0.123. The van der Waals surface area contributed by atoms with Crippen molar-refractivity contribution in [3.8, 4) is 5.88 Å². The lowest BCUT2D eigenvalue weighted by atomic mass is 10.2. The summed E-state index contributed by atoms with van der Waals surface area (Å²) < 4.78 is 4.78. The zero-order chi connectivity index (χ0) is 9.14. The lowest BCUT2D eigenvalue weighted by Crippen LogP contribution is -1.99. The molecule has 1 rings (SSSR count). The Bertz CT molecular complexity index is 314. The van der Waals surface area contributed by atoms with Crippen LogP contribution in [0.1, 0.15) is 17.3 Å². The molecular weight excluding hydrogens is 180 g/mol. The third-order valence-electron chi connectivity index (χ3n) is 1.31. The Kier molecular flexibility index (Phi) is 2.60. The maximum Gasteiger partial charge on any atom is 0.233 e. The molecule has 1 aromatic heterocycles. The number of carbonyl (C=O) groups is 1. The van der Waals surface area contributed by atoms with Gasteiger partial charge in [0.25, 0.3) is 0 Å². The molecule has 0 aliphatic carbocycles. The van der Waals surface area contributed by atoms with E-state index in [-0.39, 0.29) is 16.8 Å². The van der Waals surface area contributed by atoms with Crippen molar-refractivity contribution in [3.05, 3.63) is 16.8 Å². The van der Waals surface area contributed by atoms with Crippen molar-refractivity contribution in [2.24, 2.45) is 0 Å². The van der Waals surface area contributed by atoms with Gasteiger partial charge < -0.3 is 4.74 Å². The second kappa shape index (κ2) is 3.49. The van der Waals surface area contributed by atoms with Crippen LogP contribution in [0.4, 0.5) is 0 Å². The first-order valence-electron chi connectivity index (χ1n) is 3.23. The number of ketones is 1. The zero-order valence-corrected chi connectivity index (χ0v) is 7.42. The van der Waals surface area contributed by atoms with E-state index in [9.17, 15) is 4.79 Å². The van der Waals surface area contributed by atoms with E-state index < -0.39 is 0 Å². The minimum atomic E-state index is -0.159. The molecule has 1 aromatic rings. The van der Waals surface area contributed by atoms with Crippen molar-refractivity contribution in [2.75, 3.05) is 7.11 Å². The maximum absolute atomic E-state index is 10.9. The van der Waals surface area contributed by atoms with Gasteiger partial charge in [0.1, 0.15) is 0 Å². The smallest absolute Gasteiger partial charge is 0.233 e. The van der Waals surface area contributed by atoms with E-state index >= 15 is 0 Å². The highest BCUT2D eigenvalue weighted by atomic mass is 35.5. The van der Waals surface area contributed by atoms with Gasteiger partial charge in [-0.25, -0.2) is 0 Å². The molecular formula is C7H7ClN2O2. The first-order valence-corrected chi connectivity index (χ1v) is 3.61. The van der Waals surface area contributed by atoms with Crippen molar-refractivity contribution in [1.82, 2.24) is 10.2 Å². The van der Waals surface area contributed by atoms with E-state index in [1.807, 2.05) is 0 Å². The summed E-state index contributed by atoms with van der Waals surface area (Å²) in [7, 11) is 1.45. The standard InChI is InChI=1S/C7H7ClN2O2/c1-4(11)5-3-6(12-2)9-10-7(5)8/h3H,1-2H3. The molecule has 4 nitrogen and oxygen atoms in total. The number of methoxy groups -OCH3 is 1. The van der Waals surface area contributed by atoms with E-state index in [1.54, 1.807) is 0 Å². The number of hydrogen-bond acceptors (Lipinski definition) is 4. The summed E-state index contributed by atoms with van der Waals surface area (Å²) in [5, 5.41) is 7.22. The molecule has 1 heterocycles. The summed E-state index contributed by atoms with van der Waals surface area (Å²) in [5.41, 5.74) is 0.323. The molecule has 0 N–H and O–H groups in total. The van der Waals surface area contributed by atoms with Gasteiger partial charge in [0.15, 0.2) is 10.9 Å². The average Bonchev–Trinajstić information content (AvgIpc) is 2.05. The van der Waals surface area contributed by atoms with Crippen LogP contribution < -0.4 is 4.74 Å². The van der Waals surface area contributed by atoms with Gasteiger partial charge >= 0.3 is 0 Å². The topological polar surface area (TPSA) is 52.1 Å². The van der Waals surface area contributed by atoms with Crippen molar-refractivity contribution < 1.29 is 9.53 Å². The second-order valence-corrected chi connectivity index (χ2v) is 2.51. The molecule has 5 heteroatoms. The predicted molar refractivity (Wildman–Crippen MR) is 43.6 cm³/mol. The minimum Gasteiger partial charge on any atom is -0.480 e. The molecule has 0 spiro atoms. The largest absolute Gasteiger partial charge is 0.480 e. The van der Waals surface area contributed by atoms with Crippen LogP contribution in [0.2, 0.25) is 5.15 Å². The van der Waals surface area contributed by atoms with Crippen molar-refractivity contribution in [1.29, 1.82) is 0 Å². The summed E-state index contributed by atoms with van der Waals surface area (Å²) in [6.45, 7) is 1.41. The molecule has 0 aliphatic heterocycles. The fourth-order valence-electron chi connectivity index (χ4n) is 0.706. The Morgan fingerprint density at radius 3 is 2.75 bits per heavy atom. The van der Waals surface area contributed by atoms with Crippen molar-refractivity contribution in [3.63, 3.8) is 0 Å². The van der Waals surface area contributed by atoms with Gasteiger partial charge in [-0.3, -0.25) is 4.79 Å². The Morgan fingerprint density at radius 2 is 2.25 bits per heavy atom. The van der Waals surface area contributed by atoms with Gasteiger partial charge in [0.05, 0.1) is 12.7 Å². The number of nitrogens with zero attached hydrogens (tertiary/aromatic N) is 2. The Morgan fingerprint density at radius 1 is 1.58 bits per heavy atom. The Labute approximate surface area is 74.5 Å². The number of halogens is 1. The molecule has 0 aliphatic rings. The number of Topliss-reactive ketones (excluding diaryl/α,β-unsaturated/α-hetero) is 1. The van der Waals surface area contributed by atoms with Crippen LogP contribution in [0.25, 0.3) is 0 Å². The first-order chi connectivity index (χ1) is 5.65. The van der Waals surface area contributed by atoms with Gasteiger partial charge in [-0.1, -0.05) is 11.6 Å². The molecule has 0 bridgehead atoms. The van der Waals surface area contributed by atoms with Crippen LogP contribution in [-0.4, -0.2) is 23.1 Å². The number of rotatable bonds is 2. The maximum atomic E-state index is 10.9. The SMILES string of the molecule is COc1cc(C(C)=O)c(Cl)nn1. The average molecular weight is 187 g/mol. The third-order valence-corrected chi connectivity index (χ3v) is 1.59. The number of carbonyl (C=O) groups excluding carboxylic acids is 1. The second-order valence-electron chi connectivity index (χ2n) is 2.15. The summed E-state index contributed by atoms with van der Waals surface area (Å²) in [6.07, 6.45) is 0. The van der Waals surface area contributed by atoms with Crippen LogP contribution in [0.15, 0.2) is 6.07 Å². The molecule has 12 heavy (non-hydrogen) atoms. The molecule has 0 aromatic carbocycles. The van der Waals surface area contributed by atoms with Gasteiger partial charge in [-0.2, -0.15) is 0 Å². The molecule has 64 valence electrons. The highest BCUT2D eigenvalue weighted by Gasteiger charge is 2.08. The number of ether oxygens (including phenoxy) is 1. The Balaban J connectivity index is 3.17. The molecule has 0 unspecified atom stereocenters. The van der Waals surface area contributed by atoms with Crippen LogP contribution in [0, 0.1) is 0 Å². The van der Waals surface area contributed by atoms with Crippen LogP contribution in [0.5, 0.6) is 5.88 Å². The molecule has 0 saturated carbocycles. The molecule has 0 fully saturated rings. The third kappa shape index (κ3) is 1.71. The summed E-state index contributed by atoms with van der Waals surface area (Å²) in [6, 6.07) is 1.46. The Hall–Kier alpha value is -1.16. The van der Waals surface area contributed by atoms with Crippen LogP contribution in [-0.2, 0) is 0 Å². The molecule has 0 saturated heterocycles. The van der Waals surface area contributed by atoms with Gasteiger partial charge in [0.2, 0.25) is 5.88 Å². The fraction of sp³-hybridized carbons (Fsp3) is 0.286. The van der Waals surface area contributed by atoms with E-state index in [2.05, 4.69) is 10.2 Å². The van der Waals surface area contributed by atoms with Gasteiger partial charge in [0, 0.05) is 6.07 Å². The lowest BCUT2D eigenvalue weighted by Gasteiger charge is -2.00. The summed E-state index contributed by atoms with van der Waals surface area (Å²) in [4.78, 5) is 10.9. The highest BCUT2D eigenvalue weighted by molar-refractivity contribution is 6.32. The van der Waals surface area contributed by atoms with E-state index in [0.29, 0.717) is 5.56 Å². The first kappa shape index (κ1) is 8.93. The van der Waals surface area contributed by atoms with Crippen molar-refractivity contribution in [2.45, 2.75) is 6.92 Å².